The molecule has 0 heterocycles. The Morgan fingerprint density at radius 3 is 1.24 bits per heavy atom. The SMILES string of the molecule is C[C@@H](N)Cc1ccccc1.C[C@@H](N)Cc1ccccc1.O=S(=O)(O)O.[HH]. The molecule has 0 fully saturated rings. The second-order valence-corrected chi connectivity index (χ2v) is 6.68. The van der Waals surface area contributed by atoms with Gasteiger partial charge in [0.05, 0.1) is 0 Å². The van der Waals surface area contributed by atoms with Crippen molar-refractivity contribution in [2.75, 3.05) is 0 Å². The lowest BCUT2D eigenvalue weighted by Crippen LogP contribution is -2.17. The number of benzene rings is 2. The average molecular weight is 371 g/mol. The fourth-order valence-electron chi connectivity index (χ4n) is 1.97. The van der Waals surface area contributed by atoms with Crippen LogP contribution in [0.5, 0.6) is 0 Å². The second kappa shape index (κ2) is 12.6. The van der Waals surface area contributed by atoms with Crippen molar-refractivity contribution in [2.45, 2.75) is 38.8 Å². The molecule has 25 heavy (non-hydrogen) atoms. The highest BCUT2D eigenvalue weighted by atomic mass is 32.3. The predicted molar refractivity (Wildman–Crippen MR) is 104 cm³/mol. The van der Waals surface area contributed by atoms with Crippen LogP contribution >= 0.6 is 0 Å². The second-order valence-electron chi connectivity index (χ2n) is 5.78. The summed E-state index contributed by atoms with van der Waals surface area (Å²) in [6.07, 6.45) is 1.95. The fourth-order valence-corrected chi connectivity index (χ4v) is 1.97. The Labute approximate surface area is 151 Å². The van der Waals surface area contributed by atoms with Crippen molar-refractivity contribution < 1.29 is 18.9 Å². The molecule has 2 aromatic carbocycles. The summed E-state index contributed by atoms with van der Waals surface area (Å²) in [6.45, 7) is 4.04. The third-order valence-electron chi connectivity index (χ3n) is 2.80. The summed E-state index contributed by atoms with van der Waals surface area (Å²) in [5.74, 6) is 0. The first-order chi connectivity index (χ1) is 11.6. The lowest BCUT2D eigenvalue weighted by molar-refractivity contribution is 0.381. The summed E-state index contributed by atoms with van der Waals surface area (Å²) in [5.41, 5.74) is 13.9. The quantitative estimate of drug-likeness (QED) is 0.613. The van der Waals surface area contributed by atoms with Gasteiger partial charge in [-0.3, -0.25) is 9.11 Å². The van der Waals surface area contributed by atoms with E-state index in [0.29, 0.717) is 0 Å². The Hall–Kier alpha value is -1.77. The van der Waals surface area contributed by atoms with Crippen LogP contribution < -0.4 is 11.5 Å². The Morgan fingerprint density at radius 1 is 0.800 bits per heavy atom. The molecule has 0 radical (unpaired) electrons. The molecular weight excluding hydrogens is 340 g/mol. The first kappa shape index (κ1) is 23.2. The van der Waals surface area contributed by atoms with Crippen LogP contribution in [0.3, 0.4) is 0 Å². The van der Waals surface area contributed by atoms with E-state index in [1.165, 1.54) is 11.1 Å². The largest absolute Gasteiger partial charge is 0.394 e. The van der Waals surface area contributed by atoms with E-state index < -0.39 is 10.4 Å². The van der Waals surface area contributed by atoms with Crippen LogP contribution in [0.4, 0.5) is 0 Å². The van der Waals surface area contributed by atoms with Crippen molar-refractivity contribution in [2.24, 2.45) is 11.5 Å². The van der Waals surface area contributed by atoms with Crippen LogP contribution in [0, 0.1) is 0 Å². The molecule has 7 heteroatoms. The van der Waals surface area contributed by atoms with Gasteiger partial charge in [0, 0.05) is 13.5 Å². The summed E-state index contributed by atoms with van der Waals surface area (Å²) in [4.78, 5) is 0. The van der Waals surface area contributed by atoms with Gasteiger partial charge in [-0.25, -0.2) is 0 Å². The standard InChI is InChI=1S/2C9H13N.H2O4S.H2/c2*1-8(10)7-9-5-3-2-4-6-9;1-5(2,3)4;/h2*2-6,8H,7,10H2,1H3;(H2,1,2,3,4);1H/t2*8-;;/m11../s1. The average Bonchev–Trinajstić information content (AvgIpc) is 2.47. The highest BCUT2D eigenvalue weighted by Gasteiger charge is 1.95. The van der Waals surface area contributed by atoms with Gasteiger partial charge in [0.2, 0.25) is 0 Å². The molecule has 0 unspecified atom stereocenters. The lowest BCUT2D eigenvalue weighted by atomic mass is 10.1. The van der Waals surface area contributed by atoms with E-state index in [4.69, 9.17) is 29.0 Å². The van der Waals surface area contributed by atoms with E-state index in [9.17, 15) is 0 Å². The van der Waals surface area contributed by atoms with Crippen molar-refractivity contribution >= 4 is 10.4 Å². The zero-order chi connectivity index (χ0) is 19.3. The summed E-state index contributed by atoms with van der Waals surface area (Å²) in [7, 11) is -4.67. The van der Waals surface area contributed by atoms with Crippen molar-refractivity contribution in [3.05, 3.63) is 71.8 Å². The summed E-state index contributed by atoms with van der Waals surface area (Å²) in [6, 6.07) is 21.1. The topological polar surface area (TPSA) is 127 Å². The molecule has 6 N–H and O–H groups in total. The zero-order valence-electron chi connectivity index (χ0n) is 14.6. The molecule has 0 amide bonds. The first-order valence-corrected chi connectivity index (χ1v) is 9.26. The minimum absolute atomic E-state index is 0. The van der Waals surface area contributed by atoms with Crippen LogP contribution in [0.1, 0.15) is 26.4 Å². The molecule has 0 saturated heterocycles. The smallest absolute Gasteiger partial charge is 0.328 e. The Morgan fingerprint density at radius 2 is 1.04 bits per heavy atom. The van der Waals surface area contributed by atoms with Gasteiger partial charge in [0.15, 0.2) is 0 Å². The molecule has 0 aliphatic carbocycles. The molecule has 0 aliphatic rings. The van der Waals surface area contributed by atoms with Crippen LogP contribution in [0.25, 0.3) is 0 Å². The van der Waals surface area contributed by atoms with Gasteiger partial charge in [0.1, 0.15) is 0 Å². The summed E-state index contributed by atoms with van der Waals surface area (Å²) in [5, 5.41) is 0. The Bertz CT molecular complexity index is 613. The number of hydrogen-bond acceptors (Lipinski definition) is 4. The van der Waals surface area contributed by atoms with E-state index in [2.05, 4.69) is 24.3 Å². The van der Waals surface area contributed by atoms with Crippen LogP contribution in [0.2, 0.25) is 0 Å². The van der Waals surface area contributed by atoms with Gasteiger partial charge in [-0.05, 0) is 37.8 Å². The van der Waals surface area contributed by atoms with Crippen LogP contribution in [0.15, 0.2) is 60.7 Å². The van der Waals surface area contributed by atoms with Crippen LogP contribution in [-0.2, 0) is 23.2 Å². The molecule has 142 valence electrons. The maximum atomic E-state index is 8.74. The molecule has 2 rings (SSSR count). The highest BCUT2D eigenvalue weighted by Crippen LogP contribution is 2.01. The number of rotatable bonds is 4. The fraction of sp³-hybridized carbons (Fsp3) is 0.333. The van der Waals surface area contributed by atoms with E-state index in [-0.39, 0.29) is 13.5 Å². The third-order valence-corrected chi connectivity index (χ3v) is 2.80. The van der Waals surface area contributed by atoms with E-state index >= 15 is 0 Å². The molecular formula is C18H30N2O4S. The molecule has 2 aromatic rings. The molecule has 0 spiro atoms. The molecule has 6 nitrogen and oxygen atoms in total. The molecule has 0 aromatic heterocycles. The molecule has 0 saturated carbocycles. The number of nitrogens with two attached hydrogens (primary N) is 2. The first-order valence-electron chi connectivity index (χ1n) is 7.86. The monoisotopic (exact) mass is 370 g/mol. The molecule has 0 aliphatic heterocycles. The van der Waals surface area contributed by atoms with Gasteiger partial charge >= 0.3 is 10.4 Å². The van der Waals surface area contributed by atoms with Gasteiger partial charge in [-0.1, -0.05) is 60.7 Å². The van der Waals surface area contributed by atoms with Gasteiger partial charge in [0.25, 0.3) is 0 Å². The minimum Gasteiger partial charge on any atom is -0.328 e. The molecule has 0 bridgehead atoms. The maximum Gasteiger partial charge on any atom is 0.394 e. The van der Waals surface area contributed by atoms with E-state index in [1.54, 1.807) is 0 Å². The highest BCUT2D eigenvalue weighted by molar-refractivity contribution is 7.79. The normalized spacial score (nSPS) is 12.7. The van der Waals surface area contributed by atoms with E-state index in [0.717, 1.165) is 12.8 Å². The third kappa shape index (κ3) is 18.4. The van der Waals surface area contributed by atoms with Crippen molar-refractivity contribution in [3.63, 3.8) is 0 Å². The summed E-state index contributed by atoms with van der Waals surface area (Å²) >= 11 is 0. The van der Waals surface area contributed by atoms with Crippen LogP contribution in [-0.4, -0.2) is 29.6 Å². The number of hydrogen-bond donors (Lipinski definition) is 4. The van der Waals surface area contributed by atoms with Crippen molar-refractivity contribution in [1.82, 2.24) is 0 Å². The Balaban J connectivity index is 0. The van der Waals surface area contributed by atoms with Gasteiger partial charge in [-0.15, -0.1) is 0 Å². The Kier molecular flexibility index (Phi) is 11.7. The minimum atomic E-state index is -4.67. The molecule has 2 atom stereocenters. The van der Waals surface area contributed by atoms with Crippen molar-refractivity contribution in [1.29, 1.82) is 0 Å². The van der Waals surface area contributed by atoms with E-state index in [1.807, 2.05) is 50.2 Å². The van der Waals surface area contributed by atoms with Gasteiger partial charge < -0.3 is 11.5 Å². The maximum absolute atomic E-state index is 8.74. The lowest BCUT2D eigenvalue weighted by Gasteiger charge is -2.02. The predicted octanol–water partition coefficient (Wildman–Crippen LogP) is 2.75. The van der Waals surface area contributed by atoms with Gasteiger partial charge in [-0.2, -0.15) is 8.42 Å². The summed E-state index contributed by atoms with van der Waals surface area (Å²) < 4.78 is 31.6. The zero-order valence-corrected chi connectivity index (χ0v) is 15.4. The van der Waals surface area contributed by atoms with Crippen molar-refractivity contribution in [3.8, 4) is 0 Å².